The largest absolute Gasteiger partial charge is 0.315 e. The lowest BCUT2D eigenvalue weighted by Gasteiger charge is -2.27. The zero-order chi connectivity index (χ0) is 14.5. The number of hydrogen-bond acceptors (Lipinski definition) is 3. The van der Waals surface area contributed by atoms with Gasteiger partial charge in [0.25, 0.3) is 0 Å². The minimum absolute atomic E-state index is 0.671. The Balaban J connectivity index is 1.70. The van der Waals surface area contributed by atoms with Crippen LogP contribution in [0.4, 0.5) is 0 Å². The highest BCUT2D eigenvalue weighted by atomic mass is 15.3. The Hall–Kier alpha value is -1.65. The Bertz CT molecular complexity index is 543. The van der Waals surface area contributed by atoms with Gasteiger partial charge in [-0.05, 0) is 38.1 Å². The molecule has 3 rings (SSSR count). The van der Waals surface area contributed by atoms with Crippen molar-refractivity contribution in [1.82, 2.24) is 20.0 Å². The van der Waals surface area contributed by atoms with Gasteiger partial charge >= 0.3 is 0 Å². The van der Waals surface area contributed by atoms with Crippen molar-refractivity contribution in [2.75, 3.05) is 19.6 Å². The van der Waals surface area contributed by atoms with Crippen LogP contribution in [-0.4, -0.2) is 40.4 Å². The zero-order valence-electron chi connectivity index (χ0n) is 12.7. The van der Waals surface area contributed by atoms with E-state index in [9.17, 15) is 0 Å². The summed E-state index contributed by atoms with van der Waals surface area (Å²) in [6, 6.07) is 11.0. The molecule has 2 heterocycles. The van der Waals surface area contributed by atoms with Crippen molar-refractivity contribution in [3.05, 3.63) is 48.3 Å². The third kappa shape index (κ3) is 3.52. The number of hydrogen-bond donors (Lipinski definition) is 1. The van der Waals surface area contributed by atoms with Crippen LogP contribution in [0.2, 0.25) is 0 Å². The van der Waals surface area contributed by atoms with Crippen LogP contribution in [0.5, 0.6) is 0 Å². The summed E-state index contributed by atoms with van der Waals surface area (Å²) in [5.41, 5.74) is 2.41. The Morgan fingerprint density at radius 2 is 2.19 bits per heavy atom. The van der Waals surface area contributed by atoms with Gasteiger partial charge in [-0.3, -0.25) is 4.90 Å². The molecule has 0 spiro atoms. The van der Waals surface area contributed by atoms with Gasteiger partial charge in [0.1, 0.15) is 0 Å². The quantitative estimate of drug-likeness (QED) is 0.884. The van der Waals surface area contributed by atoms with Crippen molar-refractivity contribution in [3.8, 4) is 5.69 Å². The molecule has 0 aliphatic carbocycles. The second-order valence-corrected chi connectivity index (χ2v) is 5.75. The van der Waals surface area contributed by atoms with Gasteiger partial charge < -0.3 is 5.32 Å². The standard InChI is InChI=1S/C17H24N4/c1-2-10-20(17-8-9-18-12-17)13-15-11-19-21(14-15)16-6-4-3-5-7-16/h3-7,11,14,17-18H,2,8-10,12-13H2,1H3. The van der Waals surface area contributed by atoms with Crippen LogP contribution >= 0.6 is 0 Å². The molecule has 1 aliphatic rings. The highest BCUT2D eigenvalue weighted by Gasteiger charge is 2.22. The summed E-state index contributed by atoms with van der Waals surface area (Å²) in [6.45, 7) is 6.67. The highest BCUT2D eigenvalue weighted by Crippen LogP contribution is 2.15. The van der Waals surface area contributed by atoms with Crippen LogP contribution in [0.25, 0.3) is 5.69 Å². The van der Waals surface area contributed by atoms with Gasteiger partial charge in [0.15, 0.2) is 0 Å². The van der Waals surface area contributed by atoms with Crippen LogP contribution in [0, 0.1) is 0 Å². The van der Waals surface area contributed by atoms with E-state index in [1.165, 1.54) is 18.4 Å². The van der Waals surface area contributed by atoms with Crippen molar-refractivity contribution < 1.29 is 0 Å². The third-order valence-corrected chi connectivity index (χ3v) is 4.10. The van der Waals surface area contributed by atoms with Crippen LogP contribution < -0.4 is 5.32 Å². The summed E-state index contributed by atoms with van der Waals surface area (Å²) in [5, 5.41) is 7.97. The minimum atomic E-state index is 0.671. The molecule has 4 heteroatoms. The molecule has 0 amide bonds. The van der Waals surface area contributed by atoms with E-state index in [-0.39, 0.29) is 0 Å². The smallest absolute Gasteiger partial charge is 0.0645 e. The molecule has 1 aromatic heterocycles. The molecule has 0 bridgehead atoms. The van der Waals surface area contributed by atoms with Crippen molar-refractivity contribution in [3.63, 3.8) is 0 Å². The average Bonchev–Trinajstić information content (AvgIpc) is 3.19. The number of nitrogens with one attached hydrogen (secondary N) is 1. The Morgan fingerprint density at radius 3 is 2.90 bits per heavy atom. The molecule has 1 unspecified atom stereocenters. The Kier molecular flexibility index (Phi) is 4.68. The van der Waals surface area contributed by atoms with Crippen LogP contribution in [0.15, 0.2) is 42.7 Å². The van der Waals surface area contributed by atoms with E-state index in [0.29, 0.717) is 6.04 Å². The lowest BCUT2D eigenvalue weighted by Crippen LogP contribution is -2.36. The van der Waals surface area contributed by atoms with E-state index >= 15 is 0 Å². The molecule has 112 valence electrons. The number of benzene rings is 1. The van der Waals surface area contributed by atoms with Gasteiger partial charge in [-0.15, -0.1) is 0 Å². The highest BCUT2D eigenvalue weighted by molar-refractivity contribution is 5.30. The van der Waals surface area contributed by atoms with Gasteiger partial charge in [0, 0.05) is 30.9 Å². The summed E-state index contributed by atoms with van der Waals surface area (Å²) in [7, 11) is 0. The molecule has 1 N–H and O–H groups in total. The van der Waals surface area contributed by atoms with Crippen LogP contribution in [-0.2, 0) is 6.54 Å². The first-order chi connectivity index (χ1) is 10.4. The SMILES string of the molecule is CCCN(Cc1cnn(-c2ccccc2)c1)C1CCNC1. The Labute approximate surface area is 126 Å². The Morgan fingerprint density at radius 1 is 1.33 bits per heavy atom. The summed E-state index contributed by atoms with van der Waals surface area (Å²) < 4.78 is 1.96. The molecular formula is C17H24N4. The first-order valence-corrected chi connectivity index (χ1v) is 7.90. The second-order valence-electron chi connectivity index (χ2n) is 5.75. The zero-order valence-corrected chi connectivity index (χ0v) is 12.7. The predicted molar refractivity (Wildman–Crippen MR) is 85.5 cm³/mol. The third-order valence-electron chi connectivity index (χ3n) is 4.10. The van der Waals surface area contributed by atoms with Gasteiger partial charge in [-0.1, -0.05) is 25.1 Å². The summed E-state index contributed by atoms with van der Waals surface area (Å²) in [6.07, 6.45) is 6.61. The molecule has 1 saturated heterocycles. The summed E-state index contributed by atoms with van der Waals surface area (Å²) >= 11 is 0. The topological polar surface area (TPSA) is 33.1 Å². The lowest BCUT2D eigenvalue weighted by atomic mass is 10.2. The van der Waals surface area contributed by atoms with Gasteiger partial charge in [-0.2, -0.15) is 5.10 Å². The maximum atomic E-state index is 4.50. The van der Waals surface area contributed by atoms with Gasteiger partial charge in [0.2, 0.25) is 0 Å². The van der Waals surface area contributed by atoms with E-state index < -0.39 is 0 Å². The molecule has 0 radical (unpaired) electrons. The number of rotatable bonds is 6. The van der Waals surface area contributed by atoms with E-state index in [1.807, 2.05) is 29.1 Å². The fraction of sp³-hybridized carbons (Fsp3) is 0.471. The fourth-order valence-electron chi connectivity index (χ4n) is 3.03. The summed E-state index contributed by atoms with van der Waals surface area (Å²) in [4.78, 5) is 2.59. The maximum absolute atomic E-state index is 4.50. The second kappa shape index (κ2) is 6.87. The van der Waals surface area contributed by atoms with E-state index in [1.54, 1.807) is 0 Å². The monoisotopic (exact) mass is 284 g/mol. The van der Waals surface area contributed by atoms with Crippen molar-refractivity contribution in [1.29, 1.82) is 0 Å². The van der Waals surface area contributed by atoms with E-state index in [2.05, 4.69) is 40.6 Å². The lowest BCUT2D eigenvalue weighted by molar-refractivity contribution is 0.199. The minimum Gasteiger partial charge on any atom is -0.315 e. The molecule has 1 aromatic carbocycles. The van der Waals surface area contributed by atoms with Crippen molar-refractivity contribution in [2.24, 2.45) is 0 Å². The fourth-order valence-corrected chi connectivity index (χ4v) is 3.03. The van der Waals surface area contributed by atoms with Gasteiger partial charge in [-0.25, -0.2) is 4.68 Å². The molecule has 1 atom stereocenters. The first-order valence-electron chi connectivity index (χ1n) is 7.90. The van der Waals surface area contributed by atoms with Crippen molar-refractivity contribution >= 4 is 0 Å². The molecule has 4 nitrogen and oxygen atoms in total. The van der Waals surface area contributed by atoms with E-state index in [4.69, 9.17) is 0 Å². The van der Waals surface area contributed by atoms with Gasteiger partial charge in [0.05, 0.1) is 11.9 Å². The summed E-state index contributed by atoms with van der Waals surface area (Å²) in [5.74, 6) is 0. The maximum Gasteiger partial charge on any atom is 0.0645 e. The number of para-hydroxylation sites is 1. The molecular weight excluding hydrogens is 260 g/mol. The normalized spacial score (nSPS) is 18.5. The predicted octanol–water partition coefficient (Wildman–Crippen LogP) is 2.45. The van der Waals surface area contributed by atoms with E-state index in [0.717, 1.165) is 31.9 Å². The molecule has 21 heavy (non-hydrogen) atoms. The van der Waals surface area contributed by atoms with Crippen molar-refractivity contribution in [2.45, 2.75) is 32.4 Å². The number of aromatic nitrogens is 2. The molecule has 0 saturated carbocycles. The molecule has 1 aliphatic heterocycles. The molecule has 1 fully saturated rings. The number of nitrogens with zero attached hydrogens (tertiary/aromatic N) is 3. The van der Waals surface area contributed by atoms with Crippen LogP contribution in [0.1, 0.15) is 25.3 Å². The van der Waals surface area contributed by atoms with Crippen LogP contribution in [0.3, 0.4) is 0 Å². The average molecular weight is 284 g/mol. The molecule has 2 aromatic rings. The first kappa shape index (κ1) is 14.3.